The van der Waals surface area contributed by atoms with Crippen LogP contribution in [0.5, 0.6) is 5.75 Å². The second kappa shape index (κ2) is 8.37. The quantitative estimate of drug-likeness (QED) is 0.877. The maximum Gasteiger partial charge on any atom is 0.319 e. The number of nitrogens with zero attached hydrogens (tertiary/aromatic N) is 2. The molecule has 0 bridgehead atoms. The summed E-state index contributed by atoms with van der Waals surface area (Å²) in [6.45, 7) is 4.36. The van der Waals surface area contributed by atoms with Gasteiger partial charge in [0, 0.05) is 31.0 Å². The molecule has 2 aromatic rings. The number of rotatable bonds is 5. The molecule has 0 unspecified atom stereocenters. The third-order valence-corrected chi connectivity index (χ3v) is 4.23. The van der Waals surface area contributed by atoms with Gasteiger partial charge in [-0.05, 0) is 56.2 Å². The monoisotopic (exact) mass is 340 g/mol. The minimum atomic E-state index is -0.166. The summed E-state index contributed by atoms with van der Waals surface area (Å²) in [6.07, 6.45) is 3.63. The molecule has 1 aliphatic heterocycles. The third kappa shape index (κ3) is 4.86. The van der Waals surface area contributed by atoms with Crippen LogP contribution in [0.1, 0.15) is 19.8 Å². The lowest BCUT2D eigenvalue weighted by molar-refractivity contribution is 0.246. The van der Waals surface area contributed by atoms with E-state index < -0.39 is 0 Å². The Kier molecular flexibility index (Phi) is 5.72. The number of piperidine rings is 1. The van der Waals surface area contributed by atoms with Crippen LogP contribution < -0.4 is 20.3 Å². The maximum absolute atomic E-state index is 12.2. The summed E-state index contributed by atoms with van der Waals surface area (Å²) < 4.78 is 5.40. The predicted octanol–water partition coefficient (Wildman–Crippen LogP) is 3.27. The lowest BCUT2D eigenvalue weighted by Crippen LogP contribution is -2.46. The molecule has 2 N–H and O–H groups in total. The van der Waals surface area contributed by atoms with Gasteiger partial charge in [-0.3, -0.25) is 0 Å². The molecule has 1 aliphatic rings. The van der Waals surface area contributed by atoms with E-state index in [1.54, 1.807) is 0 Å². The first-order chi connectivity index (χ1) is 12.2. The van der Waals surface area contributed by atoms with Crippen molar-refractivity contribution in [1.82, 2.24) is 10.3 Å². The number of hydrogen-bond acceptors (Lipinski definition) is 4. The number of amides is 2. The topological polar surface area (TPSA) is 66.5 Å². The molecule has 1 aromatic heterocycles. The van der Waals surface area contributed by atoms with Gasteiger partial charge in [0.25, 0.3) is 0 Å². The number of anilines is 2. The number of nitrogens with one attached hydrogen (secondary N) is 2. The van der Waals surface area contributed by atoms with E-state index >= 15 is 0 Å². The van der Waals surface area contributed by atoms with Crippen LogP contribution in [0.3, 0.4) is 0 Å². The van der Waals surface area contributed by atoms with Crippen molar-refractivity contribution in [2.75, 3.05) is 29.9 Å². The van der Waals surface area contributed by atoms with Gasteiger partial charge >= 0.3 is 6.03 Å². The average molecular weight is 340 g/mol. The molecular formula is C19H24N4O2. The van der Waals surface area contributed by atoms with Crippen LogP contribution in [0.15, 0.2) is 48.7 Å². The van der Waals surface area contributed by atoms with Crippen molar-refractivity contribution >= 4 is 17.5 Å². The summed E-state index contributed by atoms with van der Waals surface area (Å²) in [4.78, 5) is 18.8. The Bertz CT molecular complexity index is 668. The second-order valence-electron chi connectivity index (χ2n) is 6.01. The molecular weight excluding hydrogens is 316 g/mol. The SMILES string of the molecule is CCOc1ccc(NC(=O)NC2CCN(c3ccccn3)CC2)cc1. The number of pyridine rings is 1. The smallest absolute Gasteiger partial charge is 0.319 e. The van der Waals surface area contributed by atoms with Gasteiger partial charge < -0.3 is 20.3 Å². The van der Waals surface area contributed by atoms with Crippen molar-refractivity contribution < 1.29 is 9.53 Å². The van der Waals surface area contributed by atoms with Crippen LogP contribution in [0.4, 0.5) is 16.3 Å². The van der Waals surface area contributed by atoms with E-state index in [1.165, 1.54) is 0 Å². The van der Waals surface area contributed by atoms with E-state index in [0.717, 1.165) is 43.2 Å². The molecule has 0 atom stereocenters. The van der Waals surface area contributed by atoms with Crippen molar-refractivity contribution in [2.24, 2.45) is 0 Å². The van der Waals surface area contributed by atoms with E-state index in [2.05, 4.69) is 20.5 Å². The van der Waals surface area contributed by atoms with Crippen LogP contribution in [0.25, 0.3) is 0 Å². The molecule has 3 rings (SSSR count). The molecule has 0 radical (unpaired) electrons. The van der Waals surface area contributed by atoms with E-state index in [-0.39, 0.29) is 12.1 Å². The van der Waals surface area contributed by atoms with Crippen molar-refractivity contribution in [3.63, 3.8) is 0 Å². The number of benzene rings is 1. The highest BCUT2D eigenvalue weighted by atomic mass is 16.5. The Morgan fingerprint density at radius 2 is 1.96 bits per heavy atom. The molecule has 132 valence electrons. The normalized spacial score (nSPS) is 14.8. The fourth-order valence-electron chi connectivity index (χ4n) is 2.95. The van der Waals surface area contributed by atoms with Gasteiger partial charge in [-0.15, -0.1) is 0 Å². The Balaban J connectivity index is 1.44. The van der Waals surface area contributed by atoms with E-state index in [9.17, 15) is 4.79 Å². The summed E-state index contributed by atoms with van der Waals surface area (Å²) in [5.74, 6) is 1.80. The molecule has 1 fully saturated rings. The molecule has 25 heavy (non-hydrogen) atoms. The zero-order chi connectivity index (χ0) is 17.5. The second-order valence-corrected chi connectivity index (χ2v) is 6.01. The Morgan fingerprint density at radius 1 is 1.20 bits per heavy atom. The summed E-state index contributed by atoms with van der Waals surface area (Å²) in [6, 6.07) is 13.3. The minimum Gasteiger partial charge on any atom is -0.494 e. The molecule has 0 saturated carbocycles. The third-order valence-electron chi connectivity index (χ3n) is 4.23. The first-order valence-corrected chi connectivity index (χ1v) is 8.71. The standard InChI is InChI=1S/C19H24N4O2/c1-2-25-17-8-6-15(7-9-17)21-19(24)22-16-10-13-23(14-11-16)18-5-3-4-12-20-18/h3-9,12,16H,2,10-11,13-14H2,1H3,(H2,21,22,24). The Hall–Kier alpha value is -2.76. The number of ether oxygens (including phenoxy) is 1. The fourth-order valence-corrected chi connectivity index (χ4v) is 2.95. The van der Waals surface area contributed by atoms with Crippen molar-refractivity contribution in [3.05, 3.63) is 48.7 Å². The Morgan fingerprint density at radius 3 is 2.60 bits per heavy atom. The van der Waals surface area contributed by atoms with Gasteiger partial charge in [0.1, 0.15) is 11.6 Å². The van der Waals surface area contributed by atoms with Gasteiger partial charge in [0.15, 0.2) is 0 Å². The number of carbonyl (C=O) groups is 1. The summed E-state index contributed by atoms with van der Waals surface area (Å²) >= 11 is 0. The van der Waals surface area contributed by atoms with Gasteiger partial charge in [-0.2, -0.15) is 0 Å². The number of hydrogen-bond donors (Lipinski definition) is 2. The summed E-state index contributed by atoms with van der Waals surface area (Å²) in [5.41, 5.74) is 0.756. The largest absolute Gasteiger partial charge is 0.494 e. The van der Waals surface area contributed by atoms with Crippen LogP contribution in [-0.2, 0) is 0 Å². The van der Waals surface area contributed by atoms with Crippen LogP contribution in [0.2, 0.25) is 0 Å². The maximum atomic E-state index is 12.2. The molecule has 0 aliphatic carbocycles. The highest BCUT2D eigenvalue weighted by Gasteiger charge is 2.21. The molecule has 1 aromatic carbocycles. The van der Waals surface area contributed by atoms with Crippen LogP contribution in [0, 0.1) is 0 Å². The fraction of sp³-hybridized carbons (Fsp3) is 0.368. The first kappa shape index (κ1) is 17.1. The number of aromatic nitrogens is 1. The summed E-state index contributed by atoms with van der Waals surface area (Å²) in [7, 11) is 0. The van der Waals surface area contributed by atoms with Crippen molar-refractivity contribution in [3.8, 4) is 5.75 Å². The number of urea groups is 1. The van der Waals surface area contributed by atoms with Gasteiger partial charge in [0.05, 0.1) is 6.61 Å². The predicted molar refractivity (Wildman–Crippen MR) is 99.2 cm³/mol. The lowest BCUT2D eigenvalue weighted by atomic mass is 10.1. The first-order valence-electron chi connectivity index (χ1n) is 8.71. The van der Waals surface area contributed by atoms with E-state index in [4.69, 9.17) is 4.74 Å². The molecule has 2 amide bonds. The highest BCUT2D eigenvalue weighted by molar-refractivity contribution is 5.89. The van der Waals surface area contributed by atoms with Crippen molar-refractivity contribution in [1.29, 1.82) is 0 Å². The molecule has 6 heteroatoms. The molecule has 2 heterocycles. The van der Waals surface area contributed by atoms with Gasteiger partial charge in [-0.25, -0.2) is 9.78 Å². The molecule has 0 spiro atoms. The van der Waals surface area contributed by atoms with E-state index in [0.29, 0.717) is 6.61 Å². The highest BCUT2D eigenvalue weighted by Crippen LogP contribution is 2.18. The zero-order valence-electron chi connectivity index (χ0n) is 14.4. The van der Waals surface area contributed by atoms with Crippen molar-refractivity contribution in [2.45, 2.75) is 25.8 Å². The lowest BCUT2D eigenvalue weighted by Gasteiger charge is -2.33. The summed E-state index contributed by atoms with van der Waals surface area (Å²) in [5, 5.41) is 5.92. The molecule has 6 nitrogen and oxygen atoms in total. The minimum absolute atomic E-state index is 0.166. The van der Waals surface area contributed by atoms with Gasteiger partial charge in [0.2, 0.25) is 0 Å². The molecule has 1 saturated heterocycles. The zero-order valence-corrected chi connectivity index (χ0v) is 14.4. The average Bonchev–Trinajstić information content (AvgIpc) is 2.65. The number of carbonyl (C=O) groups excluding carboxylic acids is 1. The van der Waals surface area contributed by atoms with Crippen LogP contribution >= 0.6 is 0 Å². The van der Waals surface area contributed by atoms with Gasteiger partial charge in [-0.1, -0.05) is 6.07 Å². The van der Waals surface area contributed by atoms with Crippen LogP contribution in [-0.4, -0.2) is 36.8 Å². The van der Waals surface area contributed by atoms with E-state index in [1.807, 2.05) is 55.6 Å². The Labute approximate surface area is 148 Å².